The molecule has 2 aliphatic carbocycles. The molecular weight excluding hydrogens is 378 g/mol. The Morgan fingerprint density at radius 2 is 2.00 bits per heavy atom. The molecule has 1 saturated heterocycles. The highest BCUT2D eigenvalue weighted by atomic mass is 16.6. The number of fused-ring (bicyclic) bond motifs is 2. The number of ether oxygens (including phenoxy) is 1. The van der Waals surface area contributed by atoms with Crippen LogP contribution in [0.25, 0.3) is 0 Å². The Kier molecular flexibility index (Phi) is 5.82. The van der Waals surface area contributed by atoms with Gasteiger partial charge in [-0.2, -0.15) is 0 Å². The topological polar surface area (TPSA) is 71.2 Å². The molecule has 30 heavy (non-hydrogen) atoms. The van der Waals surface area contributed by atoms with Crippen LogP contribution >= 0.6 is 0 Å². The molecule has 0 aromatic heterocycles. The molecule has 1 aromatic rings. The van der Waals surface area contributed by atoms with Gasteiger partial charge in [0.05, 0.1) is 19.7 Å². The van der Waals surface area contributed by atoms with Crippen molar-refractivity contribution in [3.8, 4) is 0 Å². The second-order valence-corrected chi connectivity index (χ2v) is 9.99. The van der Waals surface area contributed by atoms with Crippen molar-refractivity contribution in [1.82, 2.24) is 0 Å². The number of likely N-dealkylation sites (N-methyl/N-ethyl adjacent to an activating group) is 1. The standard InChI is InChI=1S/C25H35NO4/c1-15-9-8-12-18-13-20-21(23(28)25(15,18)3)19(24(29)30-20)14-26(4)16(2)22(27)17-10-6-5-7-11-17/h5-7,10-12,15-16,19-23,27-28H,8-9,13-14H2,1-4H3/p+1/t15-,16-,19+,20+,21+,22+,23+,25+/m0/s1. The molecule has 2 fully saturated rings. The third-order valence-electron chi connectivity index (χ3n) is 8.50. The molecule has 0 radical (unpaired) electrons. The molecule has 1 aromatic carbocycles. The molecule has 9 atom stereocenters. The van der Waals surface area contributed by atoms with Gasteiger partial charge in [0, 0.05) is 17.8 Å². The fourth-order valence-electron chi connectivity index (χ4n) is 6.04. The quantitative estimate of drug-likeness (QED) is 0.509. The summed E-state index contributed by atoms with van der Waals surface area (Å²) in [5.41, 5.74) is 1.86. The van der Waals surface area contributed by atoms with Crippen LogP contribution in [0.3, 0.4) is 0 Å². The summed E-state index contributed by atoms with van der Waals surface area (Å²) in [6, 6.07) is 9.56. The molecule has 3 N–H and O–H groups in total. The third-order valence-corrected chi connectivity index (χ3v) is 8.50. The van der Waals surface area contributed by atoms with Gasteiger partial charge in [-0.3, -0.25) is 4.79 Å². The van der Waals surface area contributed by atoms with Gasteiger partial charge in [0.2, 0.25) is 0 Å². The Morgan fingerprint density at radius 3 is 2.70 bits per heavy atom. The smallest absolute Gasteiger partial charge is 0.315 e. The maximum Gasteiger partial charge on any atom is 0.315 e. The van der Waals surface area contributed by atoms with E-state index < -0.39 is 12.2 Å². The Morgan fingerprint density at radius 1 is 1.30 bits per heavy atom. The summed E-state index contributed by atoms with van der Waals surface area (Å²) in [5, 5.41) is 22.3. The Bertz CT molecular complexity index is 809. The Labute approximate surface area is 179 Å². The van der Waals surface area contributed by atoms with Crippen molar-refractivity contribution in [2.75, 3.05) is 13.6 Å². The van der Waals surface area contributed by atoms with Crippen LogP contribution in [0, 0.1) is 23.2 Å². The van der Waals surface area contributed by atoms with Gasteiger partial charge in [0.15, 0.2) is 0 Å². The van der Waals surface area contributed by atoms with Crippen LogP contribution in [0.2, 0.25) is 0 Å². The van der Waals surface area contributed by atoms with Gasteiger partial charge in [-0.05, 0) is 31.2 Å². The van der Waals surface area contributed by atoms with Gasteiger partial charge in [-0.25, -0.2) is 0 Å². The van der Waals surface area contributed by atoms with Crippen molar-refractivity contribution in [3.05, 3.63) is 47.5 Å². The first-order valence-corrected chi connectivity index (χ1v) is 11.4. The molecular formula is C25H36NO4+. The lowest BCUT2D eigenvalue weighted by molar-refractivity contribution is -0.911. The van der Waals surface area contributed by atoms with Crippen LogP contribution in [0.1, 0.15) is 51.7 Å². The number of hydrogen-bond acceptors (Lipinski definition) is 4. The van der Waals surface area contributed by atoms with Crippen LogP contribution in [-0.4, -0.2) is 48.0 Å². The molecule has 0 spiro atoms. The average Bonchev–Trinajstić information content (AvgIpc) is 3.05. The van der Waals surface area contributed by atoms with Crippen molar-refractivity contribution in [1.29, 1.82) is 0 Å². The minimum atomic E-state index is -0.610. The summed E-state index contributed by atoms with van der Waals surface area (Å²) in [6.45, 7) is 6.94. The van der Waals surface area contributed by atoms with E-state index in [0.717, 1.165) is 29.7 Å². The minimum absolute atomic E-state index is 0.0837. The number of aliphatic hydroxyl groups is 2. The number of hydrogen-bond donors (Lipinski definition) is 3. The van der Waals surface area contributed by atoms with Crippen molar-refractivity contribution >= 4 is 5.97 Å². The summed E-state index contributed by atoms with van der Waals surface area (Å²) in [7, 11) is 2.02. The lowest BCUT2D eigenvalue weighted by Crippen LogP contribution is -3.14. The van der Waals surface area contributed by atoms with E-state index in [-0.39, 0.29) is 35.4 Å². The molecule has 0 bridgehead atoms. The average molecular weight is 415 g/mol. The highest BCUT2D eigenvalue weighted by molar-refractivity contribution is 5.76. The molecule has 1 saturated carbocycles. The van der Waals surface area contributed by atoms with E-state index in [0.29, 0.717) is 12.5 Å². The normalized spacial score (nSPS) is 38.7. The Balaban J connectivity index is 1.52. The number of esters is 1. The van der Waals surface area contributed by atoms with Crippen molar-refractivity contribution < 1.29 is 24.6 Å². The van der Waals surface area contributed by atoms with Gasteiger partial charge < -0.3 is 19.8 Å². The molecule has 4 rings (SSSR count). The summed E-state index contributed by atoms with van der Waals surface area (Å²) in [6.07, 6.45) is 3.68. The number of carbonyl (C=O) groups excluding carboxylic acids is 1. The number of carbonyl (C=O) groups is 1. The van der Waals surface area contributed by atoms with Crippen LogP contribution in [0.5, 0.6) is 0 Å². The minimum Gasteiger partial charge on any atom is -0.461 e. The fourth-order valence-corrected chi connectivity index (χ4v) is 6.04. The van der Waals surface area contributed by atoms with Crippen LogP contribution < -0.4 is 4.90 Å². The van der Waals surface area contributed by atoms with E-state index >= 15 is 0 Å². The number of nitrogens with one attached hydrogen (secondary N) is 1. The number of aliphatic hydroxyl groups excluding tert-OH is 2. The molecule has 0 amide bonds. The zero-order chi connectivity index (χ0) is 21.6. The SMILES string of the molecule is C[C@@H]([C@@H](O)c1ccccc1)[NH+](C)C[C@H]1C(=O)O[C@@H]2CC3=CCC[C@H](C)[C@@]3(C)[C@H](O)[C@@H]21. The van der Waals surface area contributed by atoms with E-state index in [9.17, 15) is 15.0 Å². The molecule has 5 nitrogen and oxygen atoms in total. The zero-order valence-corrected chi connectivity index (χ0v) is 18.5. The zero-order valence-electron chi connectivity index (χ0n) is 18.5. The van der Waals surface area contributed by atoms with Crippen LogP contribution in [-0.2, 0) is 9.53 Å². The molecule has 5 heteroatoms. The highest BCUT2D eigenvalue weighted by Gasteiger charge is 2.60. The molecule has 164 valence electrons. The number of benzene rings is 1. The maximum atomic E-state index is 12.8. The molecule has 3 aliphatic rings. The first kappa shape index (κ1) is 21.5. The second-order valence-electron chi connectivity index (χ2n) is 9.99. The molecule has 1 heterocycles. The van der Waals surface area contributed by atoms with E-state index in [1.165, 1.54) is 5.57 Å². The first-order valence-electron chi connectivity index (χ1n) is 11.4. The van der Waals surface area contributed by atoms with Gasteiger partial charge >= 0.3 is 5.97 Å². The van der Waals surface area contributed by atoms with Gasteiger partial charge in [-0.15, -0.1) is 0 Å². The lowest BCUT2D eigenvalue weighted by Gasteiger charge is -2.51. The predicted molar refractivity (Wildman–Crippen MR) is 115 cm³/mol. The van der Waals surface area contributed by atoms with Crippen molar-refractivity contribution in [2.24, 2.45) is 23.2 Å². The Hall–Kier alpha value is -1.69. The van der Waals surface area contributed by atoms with E-state index in [1.54, 1.807) is 0 Å². The molecule has 1 unspecified atom stereocenters. The van der Waals surface area contributed by atoms with E-state index in [4.69, 9.17) is 4.74 Å². The molecule has 1 aliphatic heterocycles. The second kappa shape index (κ2) is 8.10. The van der Waals surface area contributed by atoms with Gasteiger partial charge in [0.25, 0.3) is 0 Å². The van der Waals surface area contributed by atoms with E-state index in [1.807, 2.05) is 44.3 Å². The van der Waals surface area contributed by atoms with E-state index in [2.05, 4.69) is 19.9 Å². The predicted octanol–water partition coefficient (Wildman–Crippen LogP) is 1.91. The van der Waals surface area contributed by atoms with Crippen molar-refractivity contribution in [3.63, 3.8) is 0 Å². The lowest BCUT2D eigenvalue weighted by atomic mass is 9.55. The highest BCUT2D eigenvalue weighted by Crippen LogP contribution is 2.55. The number of quaternary nitrogens is 1. The van der Waals surface area contributed by atoms with Crippen LogP contribution in [0.4, 0.5) is 0 Å². The maximum absolute atomic E-state index is 12.8. The van der Waals surface area contributed by atoms with Crippen LogP contribution in [0.15, 0.2) is 42.0 Å². The number of allylic oxidation sites excluding steroid dienone is 1. The number of rotatable bonds is 5. The first-order chi connectivity index (χ1) is 14.2. The third kappa shape index (κ3) is 3.41. The fraction of sp³-hybridized carbons (Fsp3) is 0.640. The van der Waals surface area contributed by atoms with Crippen molar-refractivity contribution in [2.45, 2.75) is 64.4 Å². The van der Waals surface area contributed by atoms with Gasteiger partial charge in [-0.1, -0.05) is 55.8 Å². The summed E-state index contributed by atoms with van der Waals surface area (Å²) in [5.74, 6) is -0.340. The summed E-state index contributed by atoms with van der Waals surface area (Å²) in [4.78, 5) is 13.9. The monoisotopic (exact) mass is 414 g/mol. The summed E-state index contributed by atoms with van der Waals surface area (Å²) >= 11 is 0. The largest absolute Gasteiger partial charge is 0.461 e. The summed E-state index contributed by atoms with van der Waals surface area (Å²) < 4.78 is 5.79. The van der Waals surface area contributed by atoms with Gasteiger partial charge in [0.1, 0.15) is 24.2 Å².